The minimum atomic E-state index is -0.909. The molecule has 1 atom stereocenters. The van der Waals surface area contributed by atoms with Crippen LogP contribution >= 0.6 is 0 Å². The molecule has 0 radical (unpaired) electrons. The van der Waals surface area contributed by atoms with Crippen LogP contribution in [0, 0.1) is 24.5 Å². The van der Waals surface area contributed by atoms with Gasteiger partial charge >= 0.3 is 0 Å². The molecule has 3 aromatic rings. The van der Waals surface area contributed by atoms with E-state index < -0.39 is 11.6 Å². The molecule has 0 N–H and O–H groups in total. The molecule has 0 unspecified atom stereocenters. The van der Waals surface area contributed by atoms with Gasteiger partial charge in [-0.15, -0.1) is 0 Å². The number of halogens is 2. The Morgan fingerprint density at radius 2 is 2.00 bits per heavy atom. The average molecular weight is 411 g/mol. The summed E-state index contributed by atoms with van der Waals surface area (Å²) in [6, 6.07) is 9.56. The van der Waals surface area contributed by atoms with Crippen LogP contribution in [-0.2, 0) is 6.54 Å². The first-order valence-corrected chi connectivity index (χ1v) is 10.5. The predicted octanol–water partition coefficient (Wildman–Crippen LogP) is 4.77. The molecule has 1 aliphatic heterocycles. The van der Waals surface area contributed by atoms with E-state index in [0.29, 0.717) is 40.8 Å². The molecule has 0 bridgehead atoms. The maximum atomic E-state index is 14.3. The van der Waals surface area contributed by atoms with Crippen LogP contribution in [0.5, 0.6) is 0 Å². The van der Waals surface area contributed by atoms with E-state index in [9.17, 15) is 13.6 Å². The molecular weight excluding hydrogens is 384 g/mol. The summed E-state index contributed by atoms with van der Waals surface area (Å²) < 4.78 is 29.7. The highest BCUT2D eigenvalue weighted by atomic mass is 19.2. The molecule has 1 aromatic heterocycles. The summed E-state index contributed by atoms with van der Waals surface area (Å²) in [5.41, 5.74) is 1.06. The molecule has 6 heteroatoms. The second-order valence-electron chi connectivity index (χ2n) is 8.51. The van der Waals surface area contributed by atoms with Crippen LogP contribution in [0.3, 0.4) is 0 Å². The lowest BCUT2D eigenvalue weighted by Gasteiger charge is -2.35. The molecule has 2 aromatic carbocycles. The van der Waals surface area contributed by atoms with E-state index in [0.717, 1.165) is 32.0 Å². The summed E-state index contributed by atoms with van der Waals surface area (Å²) in [5, 5.41) is 0.429. The van der Waals surface area contributed by atoms with Crippen LogP contribution in [0.25, 0.3) is 22.0 Å². The summed E-state index contributed by atoms with van der Waals surface area (Å²) in [4.78, 5) is 20.4. The van der Waals surface area contributed by atoms with Crippen molar-refractivity contribution in [1.82, 2.24) is 14.5 Å². The van der Waals surface area contributed by atoms with Gasteiger partial charge in [-0.05, 0) is 69.8 Å². The monoisotopic (exact) mass is 411 g/mol. The fourth-order valence-corrected chi connectivity index (χ4v) is 4.41. The Labute approximate surface area is 175 Å². The van der Waals surface area contributed by atoms with Crippen LogP contribution in [0.2, 0.25) is 0 Å². The molecule has 0 aliphatic carbocycles. The second-order valence-corrected chi connectivity index (χ2v) is 8.51. The third kappa shape index (κ3) is 3.88. The van der Waals surface area contributed by atoms with E-state index in [1.54, 1.807) is 22.8 Å². The molecule has 4 rings (SSSR count). The number of aryl methyl sites for hydroxylation is 1. The van der Waals surface area contributed by atoms with E-state index >= 15 is 0 Å². The van der Waals surface area contributed by atoms with Crippen molar-refractivity contribution < 1.29 is 8.78 Å². The van der Waals surface area contributed by atoms with Crippen LogP contribution in [0.4, 0.5) is 8.78 Å². The average Bonchev–Trinajstić information content (AvgIpc) is 2.73. The lowest BCUT2D eigenvalue weighted by atomic mass is 9.96. The van der Waals surface area contributed by atoms with Gasteiger partial charge in [-0.3, -0.25) is 9.36 Å². The smallest absolute Gasteiger partial charge is 0.261 e. The van der Waals surface area contributed by atoms with Crippen molar-refractivity contribution in [3.8, 4) is 11.1 Å². The van der Waals surface area contributed by atoms with E-state index in [4.69, 9.17) is 0 Å². The Morgan fingerprint density at radius 1 is 1.20 bits per heavy atom. The standard InChI is InChI=1S/C24H27F2N3O/c1-15(2)28-11-5-6-17(13-28)14-29-16(3)27-22-10-9-18(12-20(22)24(29)30)19-7-4-8-21(25)23(19)26/h4,7-10,12,15,17H,5-6,11,13-14H2,1-3H3/t17-/m0/s1. The quantitative estimate of drug-likeness (QED) is 0.621. The maximum absolute atomic E-state index is 14.3. The Morgan fingerprint density at radius 3 is 2.77 bits per heavy atom. The number of aromatic nitrogens is 2. The number of hydrogen-bond donors (Lipinski definition) is 0. The molecule has 1 fully saturated rings. The molecule has 2 heterocycles. The van der Waals surface area contributed by atoms with Crippen molar-refractivity contribution in [2.45, 2.75) is 46.2 Å². The minimum absolute atomic E-state index is 0.127. The van der Waals surface area contributed by atoms with Crippen LogP contribution < -0.4 is 5.56 Å². The van der Waals surface area contributed by atoms with Crippen LogP contribution in [-0.4, -0.2) is 33.6 Å². The maximum Gasteiger partial charge on any atom is 0.261 e. The molecule has 0 spiro atoms. The summed E-state index contributed by atoms with van der Waals surface area (Å²) >= 11 is 0. The first-order valence-electron chi connectivity index (χ1n) is 10.5. The third-order valence-corrected chi connectivity index (χ3v) is 6.13. The predicted molar refractivity (Wildman–Crippen MR) is 116 cm³/mol. The number of piperidine rings is 1. The number of hydrogen-bond acceptors (Lipinski definition) is 3. The zero-order valence-electron chi connectivity index (χ0n) is 17.7. The Balaban J connectivity index is 1.73. The molecule has 0 amide bonds. The van der Waals surface area contributed by atoms with Crippen molar-refractivity contribution in [1.29, 1.82) is 0 Å². The van der Waals surface area contributed by atoms with Gasteiger partial charge in [0, 0.05) is 24.7 Å². The topological polar surface area (TPSA) is 38.1 Å². The molecule has 1 aliphatic rings. The highest BCUT2D eigenvalue weighted by Gasteiger charge is 2.23. The van der Waals surface area contributed by atoms with Gasteiger partial charge in [0.05, 0.1) is 10.9 Å². The van der Waals surface area contributed by atoms with Gasteiger partial charge in [0.25, 0.3) is 5.56 Å². The highest BCUT2D eigenvalue weighted by Crippen LogP contribution is 2.27. The van der Waals surface area contributed by atoms with Crippen molar-refractivity contribution in [3.63, 3.8) is 0 Å². The van der Waals surface area contributed by atoms with Gasteiger partial charge in [0.1, 0.15) is 5.82 Å². The molecule has 158 valence electrons. The fraction of sp³-hybridized carbons (Fsp3) is 0.417. The molecule has 0 saturated carbocycles. The van der Waals surface area contributed by atoms with E-state index in [1.807, 2.05) is 6.92 Å². The van der Waals surface area contributed by atoms with Crippen LogP contribution in [0.1, 0.15) is 32.5 Å². The van der Waals surface area contributed by atoms with Crippen molar-refractivity contribution in [2.75, 3.05) is 13.1 Å². The minimum Gasteiger partial charge on any atom is -0.301 e. The zero-order valence-corrected chi connectivity index (χ0v) is 17.7. The second kappa shape index (κ2) is 8.26. The van der Waals surface area contributed by atoms with E-state index in [1.165, 1.54) is 12.1 Å². The van der Waals surface area contributed by atoms with Crippen LogP contribution in [0.15, 0.2) is 41.2 Å². The number of nitrogens with zero attached hydrogens (tertiary/aromatic N) is 3. The van der Waals surface area contributed by atoms with Gasteiger partial charge in [-0.25, -0.2) is 13.8 Å². The van der Waals surface area contributed by atoms with Crippen molar-refractivity contribution in [3.05, 3.63) is 64.2 Å². The highest BCUT2D eigenvalue weighted by molar-refractivity contribution is 5.84. The first kappa shape index (κ1) is 20.7. The van der Waals surface area contributed by atoms with Gasteiger partial charge in [0.15, 0.2) is 11.6 Å². The number of likely N-dealkylation sites (tertiary alicyclic amines) is 1. The SMILES string of the molecule is Cc1nc2ccc(-c3cccc(F)c3F)cc2c(=O)n1C[C@H]1CCCN(C(C)C)C1. The number of benzene rings is 2. The number of fused-ring (bicyclic) bond motifs is 1. The van der Waals surface area contributed by atoms with Gasteiger partial charge < -0.3 is 4.90 Å². The fourth-order valence-electron chi connectivity index (χ4n) is 4.41. The molecule has 30 heavy (non-hydrogen) atoms. The van der Waals surface area contributed by atoms with E-state index in [-0.39, 0.29) is 11.1 Å². The van der Waals surface area contributed by atoms with Gasteiger partial charge in [-0.2, -0.15) is 0 Å². The third-order valence-electron chi connectivity index (χ3n) is 6.13. The number of rotatable bonds is 4. The Kier molecular flexibility index (Phi) is 5.69. The molecule has 1 saturated heterocycles. The summed E-state index contributed by atoms with van der Waals surface area (Å²) in [5.74, 6) is -0.744. The lowest BCUT2D eigenvalue weighted by Crippen LogP contribution is -2.42. The molecule has 4 nitrogen and oxygen atoms in total. The van der Waals surface area contributed by atoms with Gasteiger partial charge in [0.2, 0.25) is 0 Å². The zero-order chi connectivity index (χ0) is 21.4. The molecular formula is C24H27F2N3O. The first-order chi connectivity index (χ1) is 14.3. The Bertz CT molecular complexity index is 1140. The summed E-state index contributed by atoms with van der Waals surface area (Å²) in [7, 11) is 0. The Hall–Kier alpha value is -2.60. The van der Waals surface area contributed by atoms with E-state index in [2.05, 4.69) is 23.7 Å². The largest absolute Gasteiger partial charge is 0.301 e. The summed E-state index contributed by atoms with van der Waals surface area (Å²) in [6.45, 7) is 8.94. The normalized spacial score (nSPS) is 17.7. The van der Waals surface area contributed by atoms with Crippen molar-refractivity contribution in [2.24, 2.45) is 5.92 Å². The van der Waals surface area contributed by atoms with Gasteiger partial charge in [-0.1, -0.05) is 18.2 Å². The lowest BCUT2D eigenvalue weighted by molar-refractivity contribution is 0.129. The van der Waals surface area contributed by atoms with Crippen molar-refractivity contribution >= 4 is 10.9 Å². The summed E-state index contributed by atoms with van der Waals surface area (Å²) in [6.07, 6.45) is 2.21.